The molecule has 0 fully saturated rings. The lowest BCUT2D eigenvalue weighted by molar-refractivity contribution is 0.757. The van der Waals surface area contributed by atoms with Gasteiger partial charge in [-0.05, 0) is 18.6 Å². The zero-order valence-electron chi connectivity index (χ0n) is 5.83. The van der Waals surface area contributed by atoms with Crippen molar-refractivity contribution in [3.63, 3.8) is 0 Å². The minimum Gasteiger partial charge on any atom is -0.193 e. The summed E-state index contributed by atoms with van der Waals surface area (Å²) in [7, 11) is 0. The molecule has 1 atom stereocenters. The van der Waals surface area contributed by atoms with E-state index in [1.54, 1.807) is 11.3 Å². The van der Waals surface area contributed by atoms with Gasteiger partial charge < -0.3 is 0 Å². The molecule has 0 amide bonds. The minimum absolute atomic E-state index is 0.285. The zero-order chi connectivity index (χ0) is 7.68. The Hall–Kier alpha value is -0.410. The van der Waals surface area contributed by atoms with Crippen LogP contribution in [0.4, 0.5) is 0 Å². The van der Waals surface area contributed by atoms with Crippen LogP contribution < -0.4 is 0 Å². The zero-order valence-corrected chi connectivity index (χ0v) is 7.40. The van der Waals surface area contributed by atoms with Crippen LogP contribution in [0.5, 0.6) is 0 Å². The van der Waals surface area contributed by atoms with Crippen LogP contribution in [-0.2, 0) is 0 Å². The highest BCUT2D eigenvalue weighted by Gasteiger charge is 2.15. The highest BCUT2D eigenvalue weighted by Crippen LogP contribution is 2.33. The van der Waals surface area contributed by atoms with Gasteiger partial charge in [-0.25, -0.2) is 0 Å². The highest BCUT2D eigenvalue weighted by molar-refractivity contribution is 7.16. The SMILES string of the molecule is Clc1ccc(C2CCN=N2)s1. The van der Waals surface area contributed by atoms with Crippen molar-refractivity contribution < 1.29 is 0 Å². The Morgan fingerprint density at radius 2 is 2.45 bits per heavy atom. The van der Waals surface area contributed by atoms with Crippen LogP contribution in [0.25, 0.3) is 0 Å². The summed E-state index contributed by atoms with van der Waals surface area (Å²) in [6.07, 6.45) is 1.04. The van der Waals surface area contributed by atoms with E-state index in [-0.39, 0.29) is 6.04 Å². The monoisotopic (exact) mass is 186 g/mol. The van der Waals surface area contributed by atoms with E-state index in [2.05, 4.69) is 10.2 Å². The molecular weight excluding hydrogens is 180 g/mol. The smallest absolute Gasteiger partial charge is 0.107 e. The van der Waals surface area contributed by atoms with Gasteiger partial charge in [0.2, 0.25) is 0 Å². The van der Waals surface area contributed by atoms with Crippen LogP contribution in [0.3, 0.4) is 0 Å². The van der Waals surface area contributed by atoms with Crippen molar-refractivity contribution in [2.75, 3.05) is 6.54 Å². The van der Waals surface area contributed by atoms with Crippen molar-refractivity contribution in [3.8, 4) is 0 Å². The van der Waals surface area contributed by atoms with Crippen LogP contribution in [0, 0.1) is 0 Å². The van der Waals surface area contributed by atoms with E-state index >= 15 is 0 Å². The summed E-state index contributed by atoms with van der Waals surface area (Å²) < 4.78 is 0.835. The van der Waals surface area contributed by atoms with Crippen LogP contribution in [0.15, 0.2) is 22.4 Å². The molecule has 0 saturated carbocycles. The molecule has 11 heavy (non-hydrogen) atoms. The van der Waals surface area contributed by atoms with E-state index < -0.39 is 0 Å². The van der Waals surface area contributed by atoms with Crippen molar-refractivity contribution >= 4 is 22.9 Å². The standard InChI is InChI=1S/C7H7ClN2S/c8-7-2-1-6(11-7)5-3-4-9-10-5/h1-2,5H,3-4H2. The minimum atomic E-state index is 0.285. The van der Waals surface area contributed by atoms with Gasteiger partial charge in [-0.3, -0.25) is 0 Å². The molecule has 2 heterocycles. The molecule has 1 aliphatic rings. The highest BCUT2D eigenvalue weighted by atomic mass is 35.5. The number of nitrogens with zero attached hydrogens (tertiary/aromatic N) is 2. The number of thiophene rings is 1. The Labute approximate surface area is 73.9 Å². The van der Waals surface area contributed by atoms with E-state index in [1.165, 1.54) is 4.88 Å². The van der Waals surface area contributed by atoms with Gasteiger partial charge in [-0.2, -0.15) is 10.2 Å². The first-order chi connectivity index (χ1) is 5.36. The second-order valence-electron chi connectivity index (χ2n) is 2.43. The maximum absolute atomic E-state index is 5.79. The molecular formula is C7H7ClN2S. The van der Waals surface area contributed by atoms with Crippen LogP contribution in [0.1, 0.15) is 17.3 Å². The number of rotatable bonds is 1. The fraction of sp³-hybridized carbons (Fsp3) is 0.429. The number of azo groups is 1. The maximum Gasteiger partial charge on any atom is 0.107 e. The second kappa shape index (κ2) is 2.91. The number of hydrogen-bond acceptors (Lipinski definition) is 3. The lowest BCUT2D eigenvalue weighted by Crippen LogP contribution is -1.85. The summed E-state index contributed by atoms with van der Waals surface area (Å²) in [5, 5.41) is 8.04. The molecule has 0 aromatic carbocycles. The van der Waals surface area contributed by atoms with E-state index in [0.717, 1.165) is 17.3 Å². The molecule has 0 radical (unpaired) electrons. The molecule has 0 spiro atoms. The van der Waals surface area contributed by atoms with Crippen molar-refractivity contribution in [1.29, 1.82) is 0 Å². The normalized spacial score (nSPS) is 22.8. The van der Waals surface area contributed by atoms with Crippen molar-refractivity contribution in [2.24, 2.45) is 10.2 Å². The molecule has 0 N–H and O–H groups in total. The Bertz CT molecular complexity index is 282. The van der Waals surface area contributed by atoms with E-state index in [4.69, 9.17) is 11.6 Å². The van der Waals surface area contributed by atoms with Gasteiger partial charge in [0, 0.05) is 4.88 Å². The van der Waals surface area contributed by atoms with Gasteiger partial charge in [0.15, 0.2) is 0 Å². The predicted octanol–water partition coefficient (Wildman–Crippen LogP) is 3.30. The van der Waals surface area contributed by atoms with Crippen LogP contribution in [-0.4, -0.2) is 6.54 Å². The van der Waals surface area contributed by atoms with Gasteiger partial charge in [0.05, 0.1) is 10.9 Å². The van der Waals surface area contributed by atoms with Gasteiger partial charge in [-0.1, -0.05) is 11.6 Å². The summed E-state index contributed by atoms with van der Waals surface area (Å²) in [6, 6.07) is 4.23. The fourth-order valence-electron chi connectivity index (χ4n) is 1.10. The van der Waals surface area contributed by atoms with Crippen molar-refractivity contribution in [2.45, 2.75) is 12.5 Å². The molecule has 1 aliphatic heterocycles. The third kappa shape index (κ3) is 1.44. The third-order valence-electron chi connectivity index (χ3n) is 1.65. The third-order valence-corrected chi connectivity index (χ3v) is 2.98. The Morgan fingerprint density at radius 1 is 1.55 bits per heavy atom. The van der Waals surface area contributed by atoms with Gasteiger partial charge in [-0.15, -0.1) is 11.3 Å². The molecule has 2 rings (SSSR count). The lowest BCUT2D eigenvalue weighted by atomic mass is 10.2. The molecule has 0 bridgehead atoms. The van der Waals surface area contributed by atoms with Crippen molar-refractivity contribution in [3.05, 3.63) is 21.3 Å². The van der Waals surface area contributed by atoms with Gasteiger partial charge in [0.1, 0.15) is 6.04 Å². The molecule has 1 aromatic rings. The average molecular weight is 187 g/mol. The van der Waals surface area contributed by atoms with Gasteiger partial charge in [0.25, 0.3) is 0 Å². The first-order valence-electron chi connectivity index (χ1n) is 3.48. The Kier molecular flexibility index (Phi) is 1.92. The molecule has 2 nitrogen and oxygen atoms in total. The molecule has 1 aromatic heterocycles. The largest absolute Gasteiger partial charge is 0.193 e. The molecule has 58 valence electrons. The fourth-order valence-corrected chi connectivity index (χ4v) is 2.23. The summed E-state index contributed by atoms with van der Waals surface area (Å²) in [5.74, 6) is 0. The summed E-state index contributed by atoms with van der Waals surface area (Å²) >= 11 is 7.38. The maximum atomic E-state index is 5.79. The quantitative estimate of drug-likeness (QED) is 0.643. The first kappa shape index (κ1) is 7.25. The number of hydrogen-bond donors (Lipinski definition) is 0. The van der Waals surface area contributed by atoms with Crippen LogP contribution in [0.2, 0.25) is 4.34 Å². The van der Waals surface area contributed by atoms with Crippen LogP contribution >= 0.6 is 22.9 Å². The summed E-state index contributed by atoms with van der Waals surface area (Å²) in [4.78, 5) is 1.23. The first-order valence-corrected chi connectivity index (χ1v) is 4.67. The molecule has 1 unspecified atom stereocenters. The average Bonchev–Trinajstić information content (AvgIpc) is 2.55. The van der Waals surface area contributed by atoms with Crippen molar-refractivity contribution in [1.82, 2.24) is 0 Å². The van der Waals surface area contributed by atoms with E-state index in [9.17, 15) is 0 Å². The Morgan fingerprint density at radius 3 is 3.00 bits per heavy atom. The molecule has 0 saturated heterocycles. The topological polar surface area (TPSA) is 24.7 Å². The predicted molar refractivity (Wildman–Crippen MR) is 46.4 cm³/mol. The number of halogens is 1. The molecule has 0 aliphatic carbocycles. The summed E-state index contributed by atoms with van der Waals surface area (Å²) in [5.41, 5.74) is 0. The van der Waals surface area contributed by atoms with E-state index in [0.29, 0.717) is 0 Å². The van der Waals surface area contributed by atoms with E-state index in [1.807, 2.05) is 12.1 Å². The summed E-state index contributed by atoms with van der Waals surface area (Å²) in [6.45, 7) is 0.861. The lowest BCUT2D eigenvalue weighted by Gasteiger charge is -1.97. The second-order valence-corrected chi connectivity index (χ2v) is 4.17. The Balaban J connectivity index is 2.22. The van der Waals surface area contributed by atoms with Gasteiger partial charge >= 0.3 is 0 Å². The molecule has 4 heteroatoms.